The molecule has 0 spiro atoms. The van der Waals surface area contributed by atoms with Crippen molar-refractivity contribution >= 4 is 50.0 Å². The molecule has 160 valence electrons. The topological polar surface area (TPSA) is 86.7 Å². The van der Waals surface area contributed by atoms with Gasteiger partial charge in [-0.25, -0.2) is 15.0 Å². The fourth-order valence-corrected chi connectivity index (χ4v) is 5.67. The molecule has 0 aliphatic rings. The third-order valence-corrected chi connectivity index (χ3v) is 7.57. The first kappa shape index (κ1) is 20.7. The Morgan fingerprint density at radius 1 is 1.00 bits per heavy atom. The van der Waals surface area contributed by atoms with Gasteiger partial charge in [-0.1, -0.05) is 42.1 Å². The van der Waals surface area contributed by atoms with Gasteiger partial charge in [-0.15, -0.1) is 11.3 Å². The van der Waals surface area contributed by atoms with Gasteiger partial charge < -0.3 is 5.73 Å². The highest BCUT2D eigenvalue weighted by Crippen LogP contribution is 2.33. The van der Waals surface area contributed by atoms with Crippen LogP contribution < -0.4 is 11.3 Å². The Morgan fingerprint density at radius 3 is 2.56 bits per heavy atom. The third-order valence-electron chi connectivity index (χ3n) is 5.53. The second-order valence-electron chi connectivity index (χ2n) is 7.62. The van der Waals surface area contributed by atoms with E-state index in [2.05, 4.69) is 11.9 Å². The van der Waals surface area contributed by atoms with Gasteiger partial charge >= 0.3 is 0 Å². The van der Waals surface area contributed by atoms with E-state index < -0.39 is 0 Å². The summed E-state index contributed by atoms with van der Waals surface area (Å²) >= 11 is 3.06. The van der Waals surface area contributed by atoms with Crippen molar-refractivity contribution in [1.82, 2.24) is 19.5 Å². The van der Waals surface area contributed by atoms with Crippen LogP contribution in [0.2, 0.25) is 0 Å². The van der Waals surface area contributed by atoms with E-state index in [0.717, 1.165) is 27.0 Å². The average molecular weight is 460 g/mol. The van der Waals surface area contributed by atoms with Crippen LogP contribution in [0.5, 0.6) is 0 Å². The minimum Gasteiger partial charge on any atom is -0.383 e. The highest BCUT2D eigenvalue weighted by molar-refractivity contribution is 7.98. The molecule has 3 heterocycles. The Morgan fingerprint density at radius 2 is 1.75 bits per heavy atom. The molecule has 0 saturated carbocycles. The molecule has 0 radical (unpaired) electrons. The van der Waals surface area contributed by atoms with Crippen LogP contribution in [0.1, 0.15) is 21.8 Å². The van der Waals surface area contributed by atoms with Crippen molar-refractivity contribution < 1.29 is 0 Å². The molecule has 0 atom stereocenters. The number of aryl methyl sites for hydroxylation is 3. The number of fused-ring (bicyclic) bond motifs is 2. The molecule has 0 aliphatic heterocycles. The van der Waals surface area contributed by atoms with Gasteiger partial charge in [0.1, 0.15) is 16.5 Å². The SMILES string of the molecule is Cc1ccccc1-n1c(SCc2nc(N)c3c(C)c(C)sc3n2)nc2ccccc2c1=O. The van der Waals surface area contributed by atoms with E-state index >= 15 is 0 Å². The lowest BCUT2D eigenvalue weighted by atomic mass is 10.2. The smallest absolute Gasteiger partial charge is 0.266 e. The third kappa shape index (κ3) is 3.45. The molecule has 0 bridgehead atoms. The van der Waals surface area contributed by atoms with E-state index in [1.165, 1.54) is 16.6 Å². The minimum atomic E-state index is -0.0900. The van der Waals surface area contributed by atoms with Gasteiger partial charge in [-0.05, 0) is 50.1 Å². The fraction of sp³-hybridized carbons (Fsp3) is 0.167. The highest BCUT2D eigenvalue weighted by atomic mass is 32.2. The fourth-order valence-electron chi connectivity index (χ4n) is 3.76. The van der Waals surface area contributed by atoms with E-state index in [0.29, 0.717) is 33.5 Å². The first-order valence-electron chi connectivity index (χ1n) is 10.2. The molecule has 2 aromatic carbocycles. The monoisotopic (exact) mass is 459 g/mol. The van der Waals surface area contributed by atoms with Gasteiger partial charge in [0.25, 0.3) is 5.56 Å². The summed E-state index contributed by atoms with van der Waals surface area (Å²) < 4.78 is 1.68. The number of anilines is 1. The number of hydrogen-bond acceptors (Lipinski definition) is 7. The summed E-state index contributed by atoms with van der Waals surface area (Å²) in [6.07, 6.45) is 0. The molecule has 6 nitrogen and oxygen atoms in total. The summed E-state index contributed by atoms with van der Waals surface area (Å²) in [5.74, 6) is 1.57. The van der Waals surface area contributed by atoms with Crippen molar-refractivity contribution in [3.63, 3.8) is 0 Å². The maximum absolute atomic E-state index is 13.4. The van der Waals surface area contributed by atoms with Crippen LogP contribution >= 0.6 is 23.1 Å². The number of nitrogens with two attached hydrogens (primary N) is 1. The molecule has 0 fully saturated rings. The molecule has 5 rings (SSSR count). The second kappa shape index (κ2) is 8.03. The van der Waals surface area contributed by atoms with Crippen LogP contribution in [-0.4, -0.2) is 19.5 Å². The Kier molecular flexibility index (Phi) is 5.19. The van der Waals surface area contributed by atoms with Crippen LogP contribution in [-0.2, 0) is 5.75 Å². The number of thioether (sulfide) groups is 1. The molecule has 32 heavy (non-hydrogen) atoms. The van der Waals surface area contributed by atoms with E-state index in [1.807, 2.05) is 62.4 Å². The molecule has 0 unspecified atom stereocenters. The second-order valence-corrected chi connectivity index (χ2v) is 9.76. The van der Waals surface area contributed by atoms with Gasteiger partial charge in [0.2, 0.25) is 0 Å². The summed E-state index contributed by atoms with van der Waals surface area (Å²) in [5, 5.41) is 2.12. The summed E-state index contributed by atoms with van der Waals surface area (Å²) in [6.45, 7) is 6.10. The quantitative estimate of drug-likeness (QED) is 0.294. The Labute approximate surface area is 193 Å². The number of para-hydroxylation sites is 2. The van der Waals surface area contributed by atoms with Gasteiger partial charge in [0, 0.05) is 4.88 Å². The Balaban J connectivity index is 1.61. The normalized spacial score (nSPS) is 11.5. The number of hydrogen-bond donors (Lipinski definition) is 1. The van der Waals surface area contributed by atoms with E-state index in [1.54, 1.807) is 15.9 Å². The first-order valence-corrected chi connectivity index (χ1v) is 12.0. The number of thiophene rings is 1. The van der Waals surface area contributed by atoms with E-state index in [4.69, 9.17) is 15.7 Å². The van der Waals surface area contributed by atoms with Crippen molar-refractivity contribution in [2.24, 2.45) is 0 Å². The van der Waals surface area contributed by atoms with Gasteiger partial charge in [0.15, 0.2) is 5.16 Å². The number of aromatic nitrogens is 4. The lowest BCUT2D eigenvalue weighted by Crippen LogP contribution is -2.22. The van der Waals surface area contributed by atoms with Gasteiger partial charge in [0.05, 0.1) is 27.7 Å². The van der Waals surface area contributed by atoms with Crippen LogP contribution in [0.25, 0.3) is 26.8 Å². The molecule has 8 heteroatoms. The van der Waals surface area contributed by atoms with Crippen molar-refractivity contribution in [2.45, 2.75) is 31.7 Å². The van der Waals surface area contributed by atoms with Gasteiger partial charge in [-0.3, -0.25) is 9.36 Å². The zero-order chi connectivity index (χ0) is 22.4. The number of nitrogens with zero attached hydrogens (tertiary/aromatic N) is 4. The predicted molar refractivity (Wildman–Crippen MR) is 133 cm³/mol. The average Bonchev–Trinajstić information content (AvgIpc) is 3.07. The largest absolute Gasteiger partial charge is 0.383 e. The molecular formula is C24H21N5OS2. The predicted octanol–water partition coefficient (Wildman–Crippen LogP) is 5.19. The lowest BCUT2D eigenvalue weighted by molar-refractivity contribution is 0.813. The molecule has 0 aliphatic carbocycles. The van der Waals surface area contributed by atoms with Crippen molar-refractivity contribution in [3.8, 4) is 5.69 Å². The summed E-state index contributed by atoms with van der Waals surface area (Å²) in [5.41, 5.74) is 9.79. The number of benzene rings is 2. The standard InChI is InChI=1S/C24H21N5OS2/c1-13-8-4-7-11-18(13)29-23(30)16-9-5-6-10-17(16)26-24(29)31-12-19-27-21(25)20-14(2)15(3)32-22(20)28-19/h4-11H,12H2,1-3H3,(H2,25,27,28). The molecule has 5 aromatic rings. The van der Waals surface area contributed by atoms with Crippen LogP contribution in [0.3, 0.4) is 0 Å². The lowest BCUT2D eigenvalue weighted by Gasteiger charge is -2.15. The highest BCUT2D eigenvalue weighted by Gasteiger charge is 2.17. The molecule has 2 N–H and O–H groups in total. The van der Waals surface area contributed by atoms with Crippen molar-refractivity contribution in [2.75, 3.05) is 5.73 Å². The molecule has 3 aromatic heterocycles. The number of nitrogen functional groups attached to an aromatic ring is 1. The maximum atomic E-state index is 13.4. The minimum absolute atomic E-state index is 0.0900. The molecular weight excluding hydrogens is 438 g/mol. The number of rotatable bonds is 4. The summed E-state index contributed by atoms with van der Waals surface area (Å²) in [6, 6.07) is 15.2. The first-order chi connectivity index (χ1) is 15.4. The van der Waals surface area contributed by atoms with E-state index in [-0.39, 0.29) is 5.56 Å². The zero-order valence-electron chi connectivity index (χ0n) is 17.9. The van der Waals surface area contributed by atoms with Gasteiger partial charge in [-0.2, -0.15) is 0 Å². The van der Waals surface area contributed by atoms with Crippen molar-refractivity contribution in [1.29, 1.82) is 0 Å². The molecule has 0 saturated heterocycles. The van der Waals surface area contributed by atoms with E-state index in [9.17, 15) is 4.79 Å². The van der Waals surface area contributed by atoms with Crippen LogP contribution in [0.4, 0.5) is 5.82 Å². The van der Waals surface area contributed by atoms with Crippen LogP contribution in [0.15, 0.2) is 58.5 Å². The Bertz CT molecular complexity index is 1550. The zero-order valence-corrected chi connectivity index (χ0v) is 19.5. The summed E-state index contributed by atoms with van der Waals surface area (Å²) in [7, 11) is 0. The maximum Gasteiger partial charge on any atom is 0.266 e. The summed E-state index contributed by atoms with van der Waals surface area (Å²) in [4.78, 5) is 29.6. The van der Waals surface area contributed by atoms with Crippen LogP contribution in [0, 0.1) is 20.8 Å². The Hall–Kier alpha value is -3.23. The molecule has 0 amide bonds. The van der Waals surface area contributed by atoms with Crippen molar-refractivity contribution in [3.05, 3.63) is 80.7 Å².